The maximum absolute atomic E-state index is 9.45. The summed E-state index contributed by atoms with van der Waals surface area (Å²) in [5.74, 6) is 0.191. The van der Waals surface area contributed by atoms with Crippen molar-refractivity contribution in [2.45, 2.75) is 19.4 Å². The summed E-state index contributed by atoms with van der Waals surface area (Å²) in [6, 6.07) is 1.50. The zero-order chi connectivity index (χ0) is 9.14. The summed E-state index contributed by atoms with van der Waals surface area (Å²) in [6.45, 7) is 1.96. The first-order chi connectivity index (χ1) is 5.65. The van der Waals surface area contributed by atoms with Gasteiger partial charge in [0.05, 0.1) is 11.7 Å². The van der Waals surface area contributed by atoms with E-state index in [1.54, 1.807) is 12.3 Å². The van der Waals surface area contributed by atoms with E-state index in [2.05, 4.69) is 27.6 Å². The third-order valence-electron chi connectivity index (χ3n) is 1.66. The molecule has 0 saturated carbocycles. The Morgan fingerprint density at radius 1 is 1.75 bits per heavy atom. The molecular weight excluding hydrogens is 267 g/mol. The molecule has 0 radical (unpaired) electrons. The van der Waals surface area contributed by atoms with Crippen LogP contribution in [0.1, 0.15) is 25.1 Å². The molecule has 0 amide bonds. The molecule has 1 unspecified atom stereocenters. The zero-order valence-corrected chi connectivity index (χ0v) is 8.95. The lowest BCUT2D eigenvalue weighted by Crippen LogP contribution is -2.10. The lowest BCUT2D eigenvalue weighted by Gasteiger charge is -2.09. The van der Waals surface area contributed by atoms with Crippen molar-refractivity contribution in [2.24, 2.45) is 5.73 Å². The zero-order valence-electron chi connectivity index (χ0n) is 6.79. The minimum absolute atomic E-state index is 0.165. The highest BCUT2D eigenvalue weighted by Crippen LogP contribution is 2.23. The van der Waals surface area contributed by atoms with E-state index >= 15 is 0 Å². The van der Waals surface area contributed by atoms with Crippen molar-refractivity contribution in [2.75, 3.05) is 0 Å². The lowest BCUT2D eigenvalue weighted by atomic mass is 10.1. The Morgan fingerprint density at radius 2 is 2.42 bits per heavy atom. The van der Waals surface area contributed by atoms with Crippen LogP contribution in [0.4, 0.5) is 0 Å². The minimum atomic E-state index is -0.165. The van der Waals surface area contributed by atoms with Crippen LogP contribution in [0.5, 0.6) is 5.75 Å². The predicted octanol–water partition coefficient (Wildman–Crippen LogP) is 1.80. The van der Waals surface area contributed by atoms with Crippen LogP contribution in [0.3, 0.4) is 0 Å². The molecule has 1 rings (SSSR count). The predicted molar refractivity (Wildman–Crippen MR) is 55.8 cm³/mol. The monoisotopic (exact) mass is 278 g/mol. The molecule has 1 aromatic rings. The first-order valence-corrected chi connectivity index (χ1v) is 4.83. The van der Waals surface area contributed by atoms with Gasteiger partial charge in [0.2, 0.25) is 0 Å². The number of halogens is 1. The van der Waals surface area contributed by atoms with Crippen molar-refractivity contribution in [3.05, 3.63) is 21.5 Å². The third kappa shape index (κ3) is 2.07. The van der Waals surface area contributed by atoms with E-state index in [-0.39, 0.29) is 11.8 Å². The highest BCUT2D eigenvalue weighted by atomic mass is 127. The van der Waals surface area contributed by atoms with E-state index in [1.807, 2.05) is 6.92 Å². The molecule has 0 fully saturated rings. The second kappa shape index (κ2) is 4.04. The van der Waals surface area contributed by atoms with E-state index in [0.29, 0.717) is 5.69 Å². The average molecular weight is 278 g/mol. The summed E-state index contributed by atoms with van der Waals surface area (Å²) in [5.41, 5.74) is 6.30. The molecule has 0 aromatic carbocycles. The summed E-state index contributed by atoms with van der Waals surface area (Å²) in [7, 11) is 0. The molecule has 1 atom stereocenters. The summed E-state index contributed by atoms with van der Waals surface area (Å²) in [6.07, 6.45) is 2.48. The maximum atomic E-state index is 9.45. The van der Waals surface area contributed by atoms with Gasteiger partial charge < -0.3 is 10.8 Å². The van der Waals surface area contributed by atoms with E-state index in [1.165, 1.54) is 0 Å². The maximum Gasteiger partial charge on any atom is 0.139 e. The Labute approximate surface area is 85.1 Å². The normalized spacial score (nSPS) is 12.9. The Bertz CT molecular complexity index is 278. The number of aromatic nitrogens is 1. The third-order valence-corrected chi connectivity index (χ3v) is 2.24. The number of pyridine rings is 1. The molecule has 1 aromatic heterocycles. The van der Waals surface area contributed by atoms with Crippen molar-refractivity contribution in [3.63, 3.8) is 0 Å². The van der Waals surface area contributed by atoms with Crippen LogP contribution in [-0.4, -0.2) is 10.1 Å². The average Bonchev–Trinajstić information content (AvgIpc) is 2.03. The number of rotatable bonds is 2. The Morgan fingerprint density at radius 3 is 2.92 bits per heavy atom. The first kappa shape index (κ1) is 9.73. The number of nitrogens with two attached hydrogens (primary N) is 1. The summed E-state index contributed by atoms with van der Waals surface area (Å²) in [4.78, 5) is 4.07. The topological polar surface area (TPSA) is 59.1 Å². The van der Waals surface area contributed by atoms with Crippen LogP contribution in [0.25, 0.3) is 0 Å². The highest BCUT2D eigenvalue weighted by Gasteiger charge is 2.09. The van der Waals surface area contributed by atoms with Gasteiger partial charge in [-0.2, -0.15) is 0 Å². The highest BCUT2D eigenvalue weighted by molar-refractivity contribution is 14.1. The molecule has 0 aliphatic rings. The quantitative estimate of drug-likeness (QED) is 0.811. The molecule has 4 heteroatoms. The molecule has 3 N–H and O–H groups in total. The second-order valence-electron chi connectivity index (χ2n) is 2.57. The first-order valence-electron chi connectivity index (χ1n) is 3.75. The van der Waals surface area contributed by atoms with Gasteiger partial charge in [-0.1, -0.05) is 6.92 Å². The fraction of sp³-hybridized carbons (Fsp3) is 0.375. The van der Waals surface area contributed by atoms with E-state index in [9.17, 15) is 5.11 Å². The van der Waals surface area contributed by atoms with Crippen LogP contribution >= 0.6 is 22.6 Å². The standard InChI is InChI=1S/C8H11IN2O/c1-2-6(10)8-7(12)3-5(9)4-11-8/h3-4,6,12H,2,10H2,1H3. The second-order valence-corrected chi connectivity index (χ2v) is 3.82. The Balaban J connectivity index is 3.01. The van der Waals surface area contributed by atoms with Crippen molar-refractivity contribution in [1.29, 1.82) is 0 Å². The van der Waals surface area contributed by atoms with Gasteiger partial charge in [0.15, 0.2) is 0 Å². The van der Waals surface area contributed by atoms with Gasteiger partial charge in [-0.25, -0.2) is 0 Å². The van der Waals surface area contributed by atoms with Gasteiger partial charge >= 0.3 is 0 Å². The molecule has 12 heavy (non-hydrogen) atoms. The van der Waals surface area contributed by atoms with Crippen LogP contribution in [0.2, 0.25) is 0 Å². The fourth-order valence-electron chi connectivity index (χ4n) is 0.918. The van der Waals surface area contributed by atoms with Gasteiger partial charge in [0.25, 0.3) is 0 Å². The fourth-order valence-corrected chi connectivity index (χ4v) is 1.35. The minimum Gasteiger partial charge on any atom is -0.506 e. The SMILES string of the molecule is CCC(N)c1ncc(I)cc1O. The Hall–Kier alpha value is -0.360. The molecule has 0 aliphatic carbocycles. The molecule has 0 saturated heterocycles. The Kier molecular flexibility index (Phi) is 3.28. The van der Waals surface area contributed by atoms with Crippen molar-refractivity contribution < 1.29 is 5.11 Å². The van der Waals surface area contributed by atoms with Crippen LogP contribution in [-0.2, 0) is 0 Å². The van der Waals surface area contributed by atoms with Crippen LogP contribution in [0.15, 0.2) is 12.3 Å². The van der Waals surface area contributed by atoms with Crippen molar-refractivity contribution >= 4 is 22.6 Å². The molecule has 0 spiro atoms. The number of hydrogen-bond acceptors (Lipinski definition) is 3. The number of hydrogen-bond donors (Lipinski definition) is 2. The molecule has 1 heterocycles. The summed E-state index contributed by atoms with van der Waals surface area (Å²) >= 11 is 2.09. The van der Waals surface area contributed by atoms with Crippen molar-refractivity contribution in [3.8, 4) is 5.75 Å². The van der Waals surface area contributed by atoms with E-state index in [4.69, 9.17) is 5.73 Å². The molecular formula is C8H11IN2O. The van der Waals surface area contributed by atoms with E-state index in [0.717, 1.165) is 9.99 Å². The number of nitrogens with zero attached hydrogens (tertiary/aromatic N) is 1. The smallest absolute Gasteiger partial charge is 0.139 e. The van der Waals surface area contributed by atoms with Crippen LogP contribution in [0, 0.1) is 3.57 Å². The van der Waals surface area contributed by atoms with E-state index < -0.39 is 0 Å². The lowest BCUT2D eigenvalue weighted by molar-refractivity contribution is 0.454. The molecule has 3 nitrogen and oxygen atoms in total. The van der Waals surface area contributed by atoms with Crippen molar-refractivity contribution in [1.82, 2.24) is 4.98 Å². The van der Waals surface area contributed by atoms with Gasteiger partial charge in [0, 0.05) is 9.77 Å². The molecule has 0 aliphatic heterocycles. The summed E-state index contributed by atoms with van der Waals surface area (Å²) in [5, 5.41) is 9.45. The molecule has 0 bridgehead atoms. The van der Waals surface area contributed by atoms with Gasteiger partial charge in [-0.3, -0.25) is 4.98 Å². The van der Waals surface area contributed by atoms with Gasteiger partial charge in [-0.05, 0) is 35.1 Å². The van der Waals surface area contributed by atoms with Gasteiger partial charge in [-0.15, -0.1) is 0 Å². The number of aromatic hydroxyl groups is 1. The largest absolute Gasteiger partial charge is 0.506 e. The molecule has 66 valence electrons. The van der Waals surface area contributed by atoms with Crippen LogP contribution < -0.4 is 5.73 Å². The van der Waals surface area contributed by atoms with Gasteiger partial charge in [0.1, 0.15) is 5.75 Å². The summed E-state index contributed by atoms with van der Waals surface area (Å²) < 4.78 is 0.914.